The van der Waals surface area contributed by atoms with Crippen molar-refractivity contribution in [2.45, 2.75) is 33.6 Å². The molecular formula is C19H30N6O2. The molecule has 0 bridgehead atoms. The molecule has 1 aromatic rings. The number of carbonyl (C=O) groups excluding carboxylic acids is 1. The Balaban J connectivity index is 0.000000279. The number of allylic oxidation sites excluding steroid dienone is 3. The molecule has 1 aliphatic carbocycles. The van der Waals surface area contributed by atoms with Crippen LogP contribution in [0.15, 0.2) is 34.2 Å². The lowest BCUT2D eigenvalue weighted by Crippen LogP contribution is -2.33. The van der Waals surface area contributed by atoms with Gasteiger partial charge in [0.25, 0.3) is 0 Å². The molecule has 2 aliphatic rings. The Morgan fingerprint density at radius 1 is 1.41 bits per heavy atom. The quantitative estimate of drug-likeness (QED) is 0.498. The first kappa shape index (κ1) is 20.9. The van der Waals surface area contributed by atoms with Gasteiger partial charge in [-0.25, -0.2) is 0 Å². The summed E-state index contributed by atoms with van der Waals surface area (Å²) in [6.07, 6.45) is 6.24. The van der Waals surface area contributed by atoms with Gasteiger partial charge >= 0.3 is 0 Å². The Kier molecular flexibility index (Phi) is 8.22. The fourth-order valence-electron chi connectivity index (χ4n) is 2.86. The number of amides is 1. The monoisotopic (exact) mass is 374 g/mol. The van der Waals surface area contributed by atoms with Crippen LogP contribution in [0.5, 0.6) is 0 Å². The Morgan fingerprint density at radius 3 is 2.85 bits per heavy atom. The number of hydrogen-bond donors (Lipinski definition) is 3. The minimum atomic E-state index is 0.415. The highest BCUT2D eigenvalue weighted by atomic mass is 16.5. The number of nitrogen functional groups attached to an aromatic ring is 1. The summed E-state index contributed by atoms with van der Waals surface area (Å²) in [7, 11) is 0. The lowest BCUT2D eigenvalue weighted by Gasteiger charge is -2.29. The first-order chi connectivity index (χ1) is 13.1. The van der Waals surface area contributed by atoms with Gasteiger partial charge in [-0.3, -0.25) is 14.9 Å². The van der Waals surface area contributed by atoms with Gasteiger partial charge in [0.2, 0.25) is 6.41 Å². The van der Waals surface area contributed by atoms with E-state index in [0.29, 0.717) is 17.9 Å². The van der Waals surface area contributed by atoms with Crippen molar-refractivity contribution in [2.75, 3.05) is 38.6 Å². The second-order valence-corrected chi connectivity index (χ2v) is 6.37. The van der Waals surface area contributed by atoms with Crippen LogP contribution in [0.1, 0.15) is 39.3 Å². The Bertz CT molecular complexity index is 714. The molecule has 1 amide bonds. The summed E-state index contributed by atoms with van der Waals surface area (Å²) in [6.45, 7) is 10.3. The minimum absolute atomic E-state index is 0.415. The number of anilines is 1. The normalized spacial score (nSPS) is 16.2. The summed E-state index contributed by atoms with van der Waals surface area (Å²) < 4.78 is 5.07. The van der Waals surface area contributed by atoms with E-state index in [1.54, 1.807) is 11.1 Å². The number of ether oxygens (including phenoxy) is 1. The van der Waals surface area contributed by atoms with Gasteiger partial charge in [-0.1, -0.05) is 12.5 Å². The molecule has 0 fully saturated rings. The smallest absolute Gasteiger partial charge is 0.214 e. The molecule has 8 nitrogen and oxygen atoms in total. The summed E-state index contributed by atoms with van der Waals surface area (Å²) in [6, 6.07) is 0. The van der Waals surface area contributed by atoms with E-state index in [2.05, 4.69) is 34.4 Å². The number of aliphatic imine (C=N–C) groups is 1. The summed E-state index contributed by atoms with van der Waals surface area (Å²) in [4.78, 5) is 17.6. The number of nitrogens with two attached hydrogens (primary N) is 1. The van der Waals surface area contributed by atoms with Crippen molar-refractivity contribution < 1.29 is 9.53 Å². The van der Waals surface area contributed by atoms with Crippen molar-refractivity contribution in [1.29, 1.82) is 0 Å². The number of nitrogens with zero attached hydrogens (tertiary/aromatic N) is 3. The van der Waals surface area contributed by atoms with E-state index < -0.39 is 0 Å². The first-order valence-electron chi connectivity index (χ1n) is 9.38. The molecule has 1 aromatic heterocycles. The molecule has 4 N–H and O–H groups in total. The van der Waals surface area contributed by atoms with E-state index in [9.17, 15) is 4.79 Å². The van der Waals surface area contributed by atoms with Gasteiger partial charge in [0.1, 0.15) is 5.69 Å². The van der Waals surface area contributed by atoms with E-state index in [4.69, 9.17) is 10.5 Å². The van der Waals surface area contributed by atoms with E-state index in [1.807, 2.05) is 13.0 Å². The third-order valence-electron chi connectivity index (χ3n) is 4.30. The van der Waals surface area contributed by atoms with Gasteiger partial charge in [-0.05, 0) is 39.3 Å². The molecular weight excluding hydrogens is 344 g/mol. The van der Waals surface area contributed by atoms with Crippen LogP contribution in [-0.4, -0.2) is 60.1 Å². The Morgan fingerprint density at radius 2 is 2.22 bits per heavy atom. The molecule has 3 rings (SSSR count). The van der Waals surface area contributed by atoms with E-state index in [-0.39, 0.29) is 0 Å². The zero-order valence-corrected chi connectivity index (χ0v) is 16.4. The zero-order chi connectivity index (χ0) is 19.6. The van der Waals surface area contributed by atoms with Crippen molar-refractivity contribution in [3.8, 4) is 0 Å². The van der Waals surface area contributed by atoms with Crippen LogP contribution in [-0.2, 0) is 9.53 Å². The second-order valence-electron chi connectivity index (χ2n) is 6.37. The Labute approximate surface area is 160 Å². The molecule has 27 heavy (non-hydrogen) atoms. The minimum Gasteiger partial charge on any atom is -0.396 e. The molecule has 0 aromatic carbocycles. The number of aromatic nitrogens is 2. The van der Waals surface area contributed by atoms with E-state index in [0.717, 1.165) is 62.7 Å². The summed E-state index contributed by atoms with van der Waals surface area (Å²) >= 11 is 0. The van der Waals surface area contributed by atoms with Crippen LogP contribution in [0.2, 0.25) is 0 Å². The maximum Gasteiger partial charge on any atom is 0.214 e. The SMILES string of the molecule is CC1=CC2=C(CC1)N=C(c1[nH]ncc1N)CN2C=O.CCNCCOCC. The molecule has 2 heterocycles. The lowest BCUT2D eigenvalue weighted by atomic mass is 9.99. The van der Waals surface area contributed by atoms with Crippen molar-refractivity contribution in [2.24, 2.45) is 4.99 Å². The number of likely N-dealkylation sites (N-methyl/N-ethyl adjacent to an activating group) is 1. The zero-order valence-electron chi connectivity index (χ0n) is 16.4. The second kappa shape index (κ2) is 10.6. The topological polar surface area (TPSA) is 109 Å². The predicted octanol–water partition coefficient (Wildman–Crippen LogP) is 1.84. The first-order valence-corrected chi connectivity index (χ1v) is 9.38. The fourth-order valence-corrected chi connectivity index (χ4v) is 2.86. The number of H-pyrrole nitrogens is 1. The third kappa shape index (κ3) is 5.77. The molecule has 0 atom stereocenters. The number of aromatic amines is 1. The molecule has 8 heteroatoms. The summed E-state index contributed by atoms with van der Waals surface area (Å²) in [5.74, 6) is 0. The van der Waals surface area contributed by atoms with Crippen molar-refractivity contribution in [3.63, 3.8) is 0 Å². The molecule has 0 saturated carbocycles. The van der Waals surface area contributed by atoms with Crippen LogP contribution in [0.4, 0.5) is 5.69 Å². The Hall–Kier alpha value is -2.45. The maximum absolute atomic E-state index is 11.3. The highest BCUT2D eigenvalue weighted by Gasteiger charge is 2.25. The van der Waals surface area contributed by atoms with E-state index >= 15 is 0 Å². The number of nitrogens with one attached hydrogen (secondary N) is 2. The molecule has 1 aliphatic heterocycles. The average molecular weight is 374 g/mol. The average Bonchev–Trinajstić information content (AvgIpc) is 3.11. The van der Waals surface area contributed by atoms with Crippen LogP contribution < -0.4 is 11.1 Å². The van der Waals surface area contributed by atoms with E-state index in [1.165, 1.54) is 5.57 Å². The molecule has 0 saturated heterocycles. The van der Waals surface area contributed by atoms with Gasteiger partial charge < -0.3 is 20.7 Å². The number of hydrogen-bond acceptors (Lipinski definition) is 6. The maximum atomic E-state index is 11.3. The molecule has 148 valence electrons. The highest BCUT2D eigenvalue weighted by Crippen LogP contribution is 2.30. The predicted molar refractivity (Wildman–Crippen MR) is 107 cm³/mol. The molecule has 0 spiro atoms. The van der Waals surface area contributed by atoms with Crippen LogP contribution in [0, 0.1) is 0 Å². The summed E-state index contributed by atoms with van der Waals surface area (Å²) in [5, 5.41) is 9.89. The van der Waals surface area contributed by atoms with Gasteiger partial charge in [-0.2, -0.15) is 5.10 Å². The molecule has 0 radical (unpaired) electrons. The van der Waals surface area contributed by atoms with Crippen molar-refractivity contribution in [3.05, 3.63) is 34.9 Å². The lowest BCUT2D eigenvalue weighted by molar-refractivity contribution is -0.115. The fraction of sp³-hybridized carbons (Fsp3) is 0.526. The summed E-state index contributed by atoms with van der Waals surface area (Å²) in [5.41, 5.74) is 11.0. The van der Waals surface area contributed by atoms with Crippen molar-refractivity contribution >= 4 is 17.8 Å². The van der Waals surface area contributed by atoms with Crippen molar-refractivity contribution in [1.82, 2.24) is 20.4 Å². The standard InChI is InChI=1S/C13H15N5O.C6H15NO/c1-8-2-3-10-12(4-8)18(7-19)6-11(16-10)13-9(14)5-15-17-13;1-3-7-5-6-8-4-2/h4-5,7H,2-3,6,14H2,1H3,(H,15,17);7H,3-6H2,1-2H3. The van der Waals surface area contributed by atoms with Gasteiger partial charge in [0, 0.05) is 13.2 Å². The third-order valence-corrected chi connectivity index (χ3v) is 4.30. The number of rotatable bonds is 7. The van der Waals surface area contributed by atoms with Crippen LogP contribution >= 0.6 is 0 Å². The van der Waals surface area contributed by atoms with Crippen LogP contribution in [0.25, 0.3) is 0 Å². The van der Waals surface area contributed by atoms with Gasteiger partial charge in [0.15, 0.2) is 0 Å². The van der Waals surface area contributed by atoms with Crippen LogP contribution in [0.3, 0.4) is 0 Å². The number of carbonyl (C=O) groups is 1. The largest absolute Gasteiger partial charge is 0.396 e. The van der Waals surface area contributed by atoms with Gasteiger partial charge in [-0.15, -0.1) is 0 Å². The molecule has 0 unspecified atom stereocenters. The van der Waals surface area contributed by atoms with Gasteiger partial charge in [0.05, 0.1) is 42.1 Å². The highest BCUT2D eigenvalue weighted by molar-refractivity contribution is 6.06.